The second-order valence-corrected chi connectivity index (χ2v) is 6.10. The van der Waals surface area contributed by atoms with Crippen molar-refractivity contribution in [3.63, 3.8) is 0 Å². The van der Waals surface area contributed by atoms with Crippen molar-refractivity contribution < 1.29 is 5.11 Å². The number of likely N-dealkylation sites (tertiary alicyclic amines) is 1. The van der Waals surface area contributed by atoms with Gasteiger partial charge < -0.3 is 10.0 Å². The van der Waals surface area contributed by atoms with Crippen LogP contribution in [0.15, 0.2) is 0 Å². The summed E-state index contributed by atoms with van der Waals surface area (Å²) in [6.07, 6.45) is 3.27. The lowest BCUT2D eigenvalue weighted by molar-refractivity contribution is 0.0244. The quantitative estimate of drug-likeness (QED) is 0.926. The number of aliphatic hydroxyl groups is 1. The van der Waals surface area contributed by atoms with Gasteiger partial charge in [0, 0.05) is 19.5 Å². The third-order valence-electron chi connectivity index (χ3n) is 4.09. The van der Waals surface area contributed by atoms with Gasteiger partial charge in [0.1, 0.15) is 0 Å². The lowest BCUT2D eigenvalue weighted by atomic mass is 9.89. The van der Waals surface area contributed by atoms with E-state index in [2.05, 4.69) is 24.0 Å². The molecule has 1 aromatic heterocycles. The number of aromatic nitrogens is 2. The van der Waals surface area contributed by atoms with Gasteiger partial charge in [0.25, 0.3) is 0 Å². The average molecular weight is 286 g/mol. The molecule has 19 heavy (non-hydrogen) atoms. The van der Waals surface area contributed by atoms with E-state index in [1.54, 1.807) is 0 Å². The van der Waals surface area contributed by atoms with Crippen molar-refractivity contribution in [2.45, 2.75) is 51.7 Å². The summed E-state index contributed by atoms with van der Waals surface area (Å²) in [7, 11) is 2.11. The van der Waals surface area contributed by atoms with Crippen LogP contribution >= 0.6 is 11.6 Å². The van der Waals surface area contributed by atoms with Gasteiger partial charge in [-0.05, 0) is 46.7 Å². The summed E-state index contributed by atoms with van der Waals surface area (Å²) in [5, 5.41) is 16.0. The number of nitrogens with zero attached hydrogens (tertiary/aromatic N) is 3. The van der Waals surface area contributed by atoms with Gasteiger partial charge in [0.05, 0.1) is 22.0 Å². The summed E-state index contributed by atoms with van der Waals surface area (Å²) >= 11 is 6.34. The van der Waals surface area contributed by atoms with Crippen molar-refractivity contribution in [3.8, 4) is 0 Å². The molecule has 0 spiro atoms. The molecule has 4 nitrogen and oxygen atoms in total. The molecule has 1 atom stereocenters. The molecule has 108 valence electrons. The lowest BCUT2D eigenvalue weighted by Gasteiger charge is -2.27. The van der Waals surface area contributed by atoms with E-state index in [-0.39, 0.29) is 0 Å². The van der Waals surface area contributed by atoms with Crippen molar-refractivity contribution in [1.29, 1.82) is 0 Å². The van der Waals surface area contributed by atoms with Crippen LogP contribution < -0.4 is 0 Å². The minimum atomic E-state index is -0.645. The normalized spacial score (nSPS) is 25.5. The van der Waals surface area contributed by atoms with Gasteiger partial charge in [-0.3, -0.25) is 4.68 Å². The molecule has 1 aromatic rings. The Hall–Kier alpha value is -0.580. The smallest absolute Gasteiger partial charge is 0.0848 e. The van der Waals surface area contributed by atoms with Gasteiger partial charge in [-0.15, -0.1) is 0 Å². The van der Waals surface area contributed by atoms with Gasteiger partial charge in [0.15, 0.2) is 0 Å². The minimum Gasteiger partial charge on any atom is -0.389 e. The Labute approximate surface area is 120 Å². The molecule has 1 aliphatic rings. The maximum absolute atomic E-state index is 10.8. The molecule has 0 aromatic carbocycles. The van der Waals surface area contributed by atoms with E-state index in [0.29, 0.717) is 11.4 Å². The number of aryl methyl sites for hydroxylation is 2. The summed E-state index contributed by atoms with van der Waals surface area (Å²) in [5.74, 6) is 0. The van der Waals surface area contributed by atoms with Crippen LogP contribution in [0.1, 0.15) is 37.6 Å². The maximum Gasteiger partial charge on any atom is 0.0848 e. The molecular weight excluding hydrogens is 262 g/mol. The van der Waals surface area contributed by atoms with Crippen LogP contribution in [0.3, 0.4) is 0 Å². The van der Waals surface area contributed by atoms with Crippen LogP contribution in [0, 0.1) is 6.92 Å². The molecular formula is C14H24ClN3O. The van der Waals surface area contributed by atoms with E-state index in [0.717, 1.165) is 50.3 Å². The van der Waals surface area contributed by atoms with Gasteiger partial charge in [0.2, 0.25) is 0 Å². The van der Waals surface area contributed by atoms with E-state index in [4.69, 9.17) is 11.6 Å². The first kappa shape index (κ1) is 14.8. The topological polar surface area (TPSA) is 41.3 Å². The van der Waals surface area contributed by atoms with Crippen LogP contribution in [-0.4, -0.2) is 45.5 Å². The largest absolute Gasteiger partial charge is 0.389 e. The SMILES string of the molecule is CCn1nc(C)c(Cl)c1CC1(O)CCCN(C)CC1. The number of rotatable bonds is 3. The average Bonchev–Trinajstić information content (AvgIpc) is 2.53. The lowest BCUT2D eigenvalue weighted by Crippen LogP contribution is -2.33. The summed E-state index contributed by atoms with van der Waals surface area (Å²) in [6.45, 7) is 6.76. The van der Waals surface area contributed by atoms with Crippen molar-refractivity contribution >= 4 is 11.6 Å². The number of halogens is 1. The molecule has 0 aliphatic carbocycles. The fraction of sp³-hybridized carbons (Fsp3) is 0.786. The molecule has 1 fully saturated rings. The molecule has 1 aliphatic heterocycles. The van der Waals surface area contributed by atoms with E-state index in [1.165, 1.54) is 0 Å². The third-order valence-corrected chi connectivity index (χ3v) is 4.58. The Morgan fingerprint density at radius 1 is 1.37 bits per heavy atom. The van der Waals surface area contributed by atoms with E-state index in [1.807, 2.05) is 11.6 Å². The van der Waals surface area contributed by atoms with Crippen molar-refractivity contribution in [1.82, 2.24) is 14.7 Å². The maximum atomic E-state index is 10.8. The van der Waals surface area contributed by atoms with Crippen LogP contribution in [0.4, 0.5) is 0 Å². The van der Waals surface area contributed by atoms with Crippen LogP contribution in [0.2, 0.25) is 5.02 Å². The molecule has 2 rings (SSSR count). The predicted molar refractivity (Wildman–Crippen MR) is 77.6 cm³/mol. The molecule has 1 N–H and O–H groups in total. The molecule has 1 saturated heterocycles. The molecule has 0 amide bonds. The van der Waals surface area contributed by atoms with Crippen molar-refractivity contribution in [3.05, 3.63) is 16.4 Å². The van der Waals surface area contributed by atoms with E-state index < -0.39 is 5.60 Å². The van der Waals surface area contributed by atoms with Gasteiger partial charge >= 0.3 is 0 Å². The fourth-order valence-corrected chi connectivity index (χ4v) is 3.04. The highest BCUT2D eigenvalue weighted by atomic mass is 35.5. The van der Waals surface area contributed by atoms with Crippen LogP contribution in [-0.2, 0) is 13.0 Å². The third kappa shape index (κ3) is 3.30. The van der Waals surface area contributed by atoms with Crippen molar-refractivity contribution in [2.75, 3.05) is 20.1 Å². The second kappa shape index (κ2) is 5.81. The highest BCUT2D eigenvalue weighted by molar-refractivity contribution is 6.31. The summed E-state index contributed by atoms with van der Waals surface area (Å²) < 4.78 is 1.92. The fourth-order valence-electron chi connectivity index (χ4n) is 2.84. The van der Waals surface area contributed by atoms with Crippen LogP contribution in [0.5, 0.6) is 0 Å². The standard InChI is InChI=1S/C14H24ClN3O/c1-4-18-12(13(15)11(2)16-18)10-14(19)6-5-8-17(3)9-7-14/h19H,4-10H2,1-3H3. The minimum absolute atomic E-state index is 0.606. The Kier molecular flexibility index (Phi) is 4.54. The molecule has 1 unspecified atom stereocenters. The molecule has 0 saturated carbocycles. The van der Waals surface area contributed by atoms with E-state index in [9.17, 15) is 5.11 Å². The molecule has 0 bridgehead atoms. The zero-order chi connectivity index (χ0) is 14.0. The second-order valence-electron chi connectivity index (χ2n) is 5.72. The zero-order valence-corrected chi connectivity index (χ0v) is 12.9. The van der Waals surface area contributed by atoms with Gasteiger partial charge in [-0.25, -0.2) is 0 Å². The Bertz CT molecular complexity index is 446. The zero-order valence-electron chi connectivity index (χ0n) is 12.1. The highest BCUT2D eigenvalue weighted by Gasteiger charge is 2.32. The van der Waals surface area contributed by atoms with Gasteiger partial charge in [-0.2, -0.15) is 5.10 Å². The van der Waals surface area contributed by atoms with E-state index >= 15 is 0 Å². The predicted octanol–water partition coefficient (Wildman–Crippen LogP) is 2.25. The highest BCUT2D eigenvalue weighted by Crippen LogP contribution is 2.30. The Morgan fingerprint density at radius 3 is 2.79 bits per heavy atom. The monoisotopic (exact) mass is 285 g/mol. The Balaban J connectivity index is 2.19. The van der Waals surface area contributed by atoms with Crippen molar-refractivity contribution in [2.24, 2.45) is 0 Å². The molecule has 0 radical (unpaired) electrons. The number of hydrogen-bond donors (Lipinski definition) is 1. The first-order valence-corrected chi connectivity index (χ1v) is 7.45. The summed E-state index contributed by atoms with van der Waals surface area (Å²) in [6, 6.07) is 0. The first-order valence-electron chi connectivity index (χ1n) is 7.08. The van der Waals surface area contributed by atoms with Crippen LogP contribution in [0.25, 0.3) is 0 Å². The number of hydrogen-bond acceptors (Lipinski definition) is 3. The summed E-state index contributed by atoms with van der Waals surface area (Å²) in [4.78, 5) is 2.28. The Morgan fingerprint density at radius 2 is 2.11 bits per heavy atom. The molecule has 5 heteroatoms. The van der Waals surface area contributed by atoms with Gasteiger partial charge in [-0.1, -0.05) is 11.6 Å². The molecule has 2 heterocycles. The summed E-state index contributed by atoms with van der Waals surface area (Å²) in [5.41, 5.74) is 1.19. The first-order chi connectivity index (χ1) is 8.95.